The van der Waals surface area contributed by atoms with E-state index in [-0.39, 0.29) is 25.2 Å². The molecule has 18 nitrogen and oxygen atoms in total. The number of halogens is 1. The Bertz CT molecular complexity index is 1680. The first kappa shape index (κ1) is 56.8. The second kappa shape index (κ2) is 28.1. The van der Waals surface area contributed by atoms with E-state index in [2.05, 4.69) is 0 Å². The number of rotatable bonds is 4. The molecule has 0 radical (unpaired) electrons. The first-order valence-electron chi connectivity index (χ1n) is 22.3. The largest absolute Gasteiger partial charge is 0.481 e. The normalized spacial score (nSPS) is 45.0. The molecule has 0 amide bonds. The fourth-order valence-electron chi connectivity index (χ4n) is 7.94. The molecular formula is C47H71FO18. The second-order valence-electron chi connectivity index (χ2n) is 17.5. The Hall–Kier alpha value is -3.51. The van der Waals surface area contributed by atoms with E-state index >= 15 is 4.39 Å². The second-order valence-corrected chi connectivity index (χ2v) is 17.5. The lowest BCUT2D eigenvalue weighted by molar-refractivity contribution is -0.312. The van der Waals surface area contributed by atoms with Crippen LogP contribution in [0.2, 0.25) is 0 Å². The van der Waals surface area contributed by atoms with Crippen molar-refractivity contribution in [2.45, 2.75) is 170 Å². The van der Waals surface area contributed by atoms with Crippen molar-refractivity contribution in [1.82, 2.24) is 0 Å². The number of aliphatic carboxylic acids is 1. The van der Waals surface area contributed by atoms with Crippen LogP contribution in [0.4, 0.5) is 4.39 Å². The van der Waals surface area contributed by atoms with Crippen molar-refractivity contribution in [3.8, 4) is 0 Å². The molecular weight excluding hydrogens is 871 g/mol. The minimum atomic E-state index is -2.40. The Labute approximate surface area is 384 Å². The lowest BCUT2D eigenvalue weighted by Crippen LogP contribution is -2.59. The molecule has 3 heterocycles. The number of ether oxygens (including phenoxy) is 4. The van der Waals surface area contributed by atoms with Gasteiger partial charge in [0.25, 0.3) is 0 Å². The number of aliphatic hydroxyl groups excluding tert-OH is 10. The van der Waals surface area contributed by atoms with E-state index in [9.17, 15) is 70.9 Å². The lowest BCUT2D eigenvalue weighted by atomic mass is 9.82. The van der Waals surface area contributed by atoms with Crippen LogP contribution in [-0.2, 0) is 28.5 Å². The average Bonchev–Trinajstić information content (AvgIpc) is 3.23. The molecule has 3 rings (SSSR count). The Kier molecular flexibility index (Phi) is 24.2. The molecule has 19 atom stereocenters. The summed E-state index contributed by atoms with van der Waals surface area (Å²) in [6.45, 7) is 4.36. The zero-order chi connectivity index (χ0) is 49.1. The maximum atomic E-state index is 15.3. The summed E-state index contributed by atoms with van der Waals surface area (Å²) >= 11 is 0. The van der Waals surface area contributed by atoms with Crippen LogP contribution in [0.1, 0.15) is 72.1 Å². The predicted octanol–water partition coefficient (Wildman–Crippen LogP) is 0.695. The Morgan fingerprint density at radius 2 is 1.29 bits per heavy atom. The van der Waals surface area contributed by atoms with Gasteiger partial charge >= 0.3 is 11.9 Å². The molecule has 2 bridgehead atoms. The first-order valence-corrected chi connectivity index (χ1v) is 22.3. The highest BCUT2D eigenvalue weighted by molar-refractivity contribution is 5.71. The first-order chi connectivity index (χ1) is 31.2. The van der Waals surface area contributed by atoms with Gasteiger partial charge in [0.2, 0.25) is 0 Å². The summed E-state index contributed by atoms with van der Waals surface area (Å²) in [7, 11) is 0. The van der Waals surface area contributed by atoms with Crippen LogP contribution in [0.25, 0.3) is 0 Å². The Morgan fingerprint density at radius 3 is 1.86 bits per heavy atom. The number of aliphatic hydroxyl groups is 11. The van der Waals surface area contributed by atoms with Crippen molar-refractivity contribution in [3.63, 3.8) is 0 Å². The molecule has 12 N–H and O–H groups in total. The van der Waals surface area contributed by atoms with Gasteiger partial charge in [-0.15, -0.1) is 0 Å². The molecule has 13 unspecified atom stereocenters. The number of carbonyl (C=O) groups excluding carboxylic acids is 1. The number of alkyl halides is 1. The van der Waals surface area contributed by atoms with Crippen LogP contribution >= 0.6 is 0 Å². The van der Waals surface area contributed by atoms with Gasteiger partial charge in [-0.25, -0.2) is 4.39 Å². The molecule has 2 saturated heterocycles. The average molecular weight is 943 g/mol. The number of carbonyl (C=O) groups is 2. The number of hydrogen-bond donors (Lipinski definition) is 12. The van der Waals surface area contributed by atoms with Gasteiger partial charge in [-0.1, -0.05) is 98.9 Å². The van der Waals surface area contributed by atoms with E-state index in [0.29, 0.717) is 0 Å². The molecule has 0 aromatic rings. The molecule has 3 aliphatic rings. The van der Waals surface area contributed by atoms with Crippen LogP contribution in [-0.4, -0.2) is 177 Å². The van der Waals surface area contributed by atoms with E-state index in [1.54, 1.807) is 86.8 Å². The maximum absolute atomic E-state index is 15.3. The van der Waals surface area contributed by atoms with Gasteiger partial charge in [0.15, 0.2) is 18.2 Å². The predicted molar refractivity (Wildman–Crippen MR) is 235 cm³/mol. The fourth-order valence-corrected chi connectivity index (χ4v) is 7.94. The fraction of sp³-hybridized carbons (Fsp3) is 0.660. The SMILES string of the molecule is C[C@@H]1OC(=O)CC(O)CC(O)CCC(O)C(O)CC(O)CC2(O)C[C@H](O)C(C(=O)O)[C@H](CC(O[C@H]3OC(CO)C(O)C(O)C3F)/C=C/C=C/C=C/C=C/C=C/C=C/C=C/[C@H](C)C(O)[C@H]1C)O2. The van der Waals surface area contributed by atoms with Crippen LogP contribution in [0, 0.1) is 17.8 Å². The van der Waals surface area contributed by atoms with Crippen LogP contribution in [0.3, 0.4) is 0 Å². The number of hydrogen-bond acceptors (Lipinski definition) is 17. The number of fused-ring (bicyclic) bond motifs is 2. The number of carboxylic acid groups (broad SMARTS) is 1. The van der Waals surface area contributed by atoms with Crippen molar-refractivity contribution < 1.29 is 94.2 Å². The zero-order valence-corrected chi connectivity index (χ0v) is 37.5. The summed E-state index contributed by atoms with van der Waals surface area (Å²) in [6.07, 6.45) is -2.89. The summed E-state index contributed by atoms with van der Waals surface area (Å²) in [4.78, 5) is 25.0. The van der Waals surface area contributed by atoms with Crippen LogP contribution in [0.5, 0.6) is 0 Å². The number of cyclic esters (lactones) is 1. The van der Waals surface area contributed by atoms with E-state index in [1.807, 2.05) is 6.92 Å². The summed E-state index contributed by atoms with van der Waals surface area (Å²) in [5, 5.41) is 127. The molecule has 0 saturated carbocycles. The van der Waals surface area contributed by atoms with Gasteiger partial charge in [0.05, 0.1) is 68.0 Å². The highest BCUT2D eigenvalue weighted by Gasteiger charge is 2.51. The van der Waals surface area contributed by atoms with Crippen molar-refractivity contribution in [1.29, 1.82) is 0 Å². The van der Waals surface area contributed by atoms with Crippen LogP contribution < -0.4 is 0 Å². The van der Waals surface area contributed by atoms with Crippen molar-refractivity contribution >= 4 is 11.9 Å². The minimum absolute atomic E-state index is 0.134. The highest BCUT2D eigenvalue weighted by Crippen LogP contribution is 2.38. The Morgan fingerprint density at radius 1 is 0.712 bits per heavy atom. The lowest BCUT2D eigenvalue weighted by Gasteiger charge is -2.45. The molecule has 66 heavy (non-hydrogen) atoms. The third kappa shape index (κ3) is 18.5. The maximum Gasteiger partial charge on any atom is 0.311 e. The van der Waals surface area contributed by atoms with Gasteiger partial charge in [-0.05, 0) is 26.2 Å². The van der Waals surface area contributed by atoms with Crippen molar-refractivity contribution in [2.75, 3.05) is 6.61 Å². The molecule has 2 fully saturated rings. The molecule has 3 aliphatic heterocycles. The van der Waals surface area contributed by atoms with Gasteiger partial charge in [0.1, 0.15) is 30.3 Å². The van der Waals surface area contributed by atoms with Gasteiger partial charge in [-0.3, -0.25) is 9.59 Å². The zero-order valence-electron chi connectivity index (χ0n) is 37.5. The highest BCUT2D eigenvalue weighted by atomic mass is 19.1. The molecule has 19 heteroatoms. The molecule has 0 spiro atoms. The number of carboxylic acids is 1. The van der Waals surface area contributed by atoms with Crippen LogP contribution in [0.15, 0.2) is 85.1 Å². The van der Waals surface area contributed by atoms with E-state index in [4.69, 9.17) is 18.9 Å². The number of esters is 1. The van der Waals surface area contributed by atoms with Crippen molar-refractivity contribution in [2.24, 2.45) is 17.8 Å². The van der Waals surface area contributed by atoms with E-state index < -0.39 is 160 Å². The summed E-state index contributed by atoms with van der Waals surface area (Å²) in [5.41, 5.74) is 0. The summed E-state index contributed by atoms with van der Waals surface area (Å²) < 4.78 is 37.8. The van der Waals surface area contributed by atoms with E-state index in [1.165, 1.54) is 12.2 Å². The monoisotopic (exact) mass is 942 g/mol. The third-order valence-electron chi connectivity index (χ3n) is 11.9. The molecule has 0 aliphatic carbocycles. The van der Waals surface area contributed by atoms with Gasteiger partial charge in [-0.2, -0.15) is 0 Å². The number of allylic oxidation sites excluding steroid dienone is 12. The smallest absolute Gasteiger partial charge is 0.311 e. The van der Waals surface area contributed by atoms with Crippen molar-refractivity contribution in [3.05, 3.63) is 85.1 Å². The molecule has 374 valence electrons. The quantitative estimate of drug-likeness (QED) is 0.173. The van der Waals surface area contributed by atoms with E-state index in [0.717, 1.165) is 0 Å². The summed E-state index contributed by atoms with van der Waals surface area (Å²) in [6, 6.07) is 0. The summed E-state index contributed by atoms with van der Waals surface area (Å²) in [5.74, 6) is -7.13. The Balaban J connectivity index is 1.87. The van der Waals surface area contributed by atoms with Gasteiger partial charge < -0.3 is 80.2 Å². The minimum Gasteiger partial charge on any atom is -0.481 e. The molecule has 0 aromatic carbocycles. The standard InChI is InChI=1S/C47H71FO18/c1-27-16-14-12-10-8-6-4-5-7-9-11-13-15-17-33(64-46-41(48)44(59)43(58)38(26-49)65-46)23-37-40(45(60)61)36(55)25-47(62,66-37)24-32(52)21-35(54)34(53)19-18-30(50)20-31(51)22-39(56)63-29(3)28(2)42(27)57/h4-17,27-38,40-44,46,49-55,57-59,62H,18-26H2,1-3H3,(H,60,61)/b5-4+,8-6+,9-7+,12-10+,13-11+,16-14+,17-15+/t27-,28-,29-,30?,31?,32?,33?,34?,35?,36-,37-,38?,40?,41?,42?,43?,44?,46-,47?/m0/s1. The van der Waals surface area contributed by atoms with Gasteiger partial charge in [0, 0.05) is 37.5 Å². The third-order valence-corrected chi connectivity index (χ3v) is 11.9. The topological polar surface area (TPSA) is 314 Å². The molecule has 0 aromatic heterocycles.